The van der Waals surface area contributed by atoms with E-state index in [1.165, 1.54) is 31.4 Å². The molecule has 2 atom stereocenters. The summed E-state index contributed by atoms with van der Waals surface area (Å²) in [5, 5.41) is 11.4. The van der Waals surface area contributed by atoms with Gasteiger partial charge in [0.1, 0.15) is 0 Å². The molecule has 0 aliphatic carbocycles. The normalized spacial score (nSPS) is 21.9. The van der Waals surface area contributed by atoms with Gasteiger partial charge in [0.15, 0.2) is 0 Å². The highest BCUT2D eigenvalue weighted by atomic mass is 15.3. The molecule has 2 heterocycles. The van der Waals surface area contributed by atoms with Gasteiger partial charge in [0.05, 0.1) is 12.7 Å². The Morgan fingerprint density at radius 1 is 1.65 bits per heavy atom. The Morgan fingerprint density at radius 3 is 3.18 bits per heavy atom. The Morgan fingerprint density at radius 2 is 2.53 bits per heavy atom. The van der Waals surface area contributed by atoms with Crippen molar-refractivity contribution in [3.63, 3.8) is 0 Å². The van der Waals surface area contributed by atoms with Gasteiger partial charge < -0.3 is 10.6 Å². The van der Waals surface area contributed by atoms with Crippen molar-refractivity contribution in [2.45, 2.75) is 51.7 Å². The summed E-state index contributed by atoms with van der Waals surface area (Å²) in [5.41, 5.74) is 1.23. The second kappa shape index (κ2) is 6.17. The molecule has 1 aliphatic heterocycles. The third-order valence-corrected chi connectivity index (χ3v) is 3.40. The van der Waals surface area contributed by atoms with Crippen molar-refractivity contribution in [1.82, 2.24) is 20.4 Å². The van der Waals surface area contributed by atoms with Crippen LogP contribution in [0.25, 0.3) is 0 Å². The molecule has 0 spiro atoms. The van der Waals surface area contributed by atoms with Crippen LogP contribution in [0.4, 0.5) is 0 Å². The van der Waals surface area contributed by atoms with Crippen LogP contribution in [-0.2, 0) is 6.54 Å². The van der Waals surface area contributed by atoms with E-state index < -0.39 is 0 Å². The van der Waals surface area contributed by atoms with Crippen molar-refractivity contribution >= 4 is 0 Å². The molecule has 0 bridgehead atoms. The predicted octanol–water partition coefficient (Wildman–Crippen LogP) is 1.31. The maximum Gasteiger partial charge on any atom is 0.0534 e. The van der Waals surface area contributed by atoms with Gasteiger partial charge in [-0.3, -0.25) is 4.68 Å². The third kappa shape index (κ3) is 4.13. The van der Waals surface area contributed by atoms with Crippen LogP contribution >= 0.6 is 0 Å². The first-order valence-corrected chi connectivity index (χ1v) is 6.70. The summed E-state index contributed by atoms with van der Waals surface area (Å²) in [4.78, 5) is 0. The van der Waals surface area contributed by atoms with Crippen LogP contribution in [-0.4, -0.2) is 35.0 Å². The van der Waals surface area contributed by atoms with Gasteiger partial charge in [-0.15, -0.1) is 0 Å². The van der Waals surface area contributed by atoms with Crippen LogP contribution in [0.2, 0.25) is 0 Å². The minimum absolute atomic E-state index is 0.585. The van der Waals surface area contributed by atoms with Crippen LogP contribution in [0, 0.1) is 6.92 Å². The molecule has 1 aromatic heterocycles. The number of hydrogen-bond acceptors (Lipinski definition) is 3. The molecule has 1 aromatic rings. The summed E-state index contributed by atoms with van der Waals surface area (Å²) in [6.07, 6.45) is 7.91. The van der Waals surface area contributed by atoms with Crippen molar-refractivity contribution in [2.24, 2.45) is 0 Å². The Hall–Kier alpha value is -0.870. The van der Waals surface area contributed by atoms with E-state index in [0.717, 1.165) is 19.1 Å². The molecule has 0 amide bonds. The zero-order valence-corrected chi connectivity index (χ0v) is 10.9. The van der Waals surface area contributed by atoms with E-state index >= 15 is 0 Å². The van der Waals surface area contributed by atoms with Gasteiger partial charge in [0.2, 0.25) is 0 Å². The molecule has 0 aromatic carbocycles. The molecule has 1 saturated heterocycles. The van der Waals surface area contributed by atoms with Crippen LogP contribution in [0.3, 0.4) is 0 Å². The lowest BCUT2D eigenvalue weighted by Gasteiger charge is -2.18. The van der Waals surface area contributed by atoms with Crippen LogP contribution in [0.5, 0.6) is 0 Å². The molecular weight excluding hydrogens is 212 g/mol. The van der Waals surface area contributed by atoms with E-state index in [0.29, 0.717) is 6.04 Å². The van der Waals surface area contributed by atoms with E-state index in [9.17, 15) is 0 Å². The maximum atomic E-state index is 4.28. The lowest BCUT2D eigenvalue weighted by Crippen LogP contribution is -2.35. The van der Waals surface area contributed by atoms with Crippen molar-refractivity contribution in [3.8, 4) is 0 Å². The molecule has 0 saturated carbocycles. The molecule has 0 radical (unpaired) electrons. The van der Waals surface area contributed by atoms with Crippen molar-refractivity contribution < 1.29 is 0 Å². The minimum atomic E-state index is 0.585. The minimum Gasteiger partial charge on any atom is -0.314 e. The number of aryl methyl sites for hydroxylation is 1. The van der Waals surface area contributed by atoms with Gasteiger partial charge in [-0.25, -0.2) is 0 Å². The highest BCUT2D eigenvalue weighted by Crippen LogP contribution is 2.10. The van der Waals surface area contributed by atoms with E-state index in [-0.39, 0.29) is 0 Å². The highest BCUT2D eigenvalue weighted by molar-refractivity contribution is 4.99. The van der Waals surface area contributed by atoms with Gasteiger partial charge in [-0.2, -0.15) is 5.10 Å². The van der Waals surface area contributed by atoms with Crippen LogP contribution in [0.15, 0.2) is 12.4 Å². The fraction of sp³-hybridized carbons (Fsp3) is 0.769. The van der Waals surface area contributed by atoms with Gasteiger partial charge in [-0.05, 0) is 45.2 Å². The van der Waals surface area contributed by atoms with Gasteiger partial charge in [-0.1, -0.05) is 0 Å². The average Bonchev–Trinajstić information content (AvgIpc) is 2.90. The van der Waals surface area contributed by atoms with Gasteiger partial charge in [0, 0.05) is 24.8 Å². The highest BCUT2D eigenvalue weighted by Gasteiger charge is 2.16. The molecule has 1 aliphatic rings. The van der Waals surface area contributed by atoms with Gasteiger partial charge >= 0.3 is 0 Å². The lowest BCUT2D eigenvalue weighted by atomic mass is 10.1. The van der Waals surface area contributed by atoms with Crippen molar-refractivity contribution in [1.29, 1.82) is 0 Å². The summed E-state index contributed by atoms with van der Waals surface area (Å²) < 4.78 is 2.00. The van der Waals surface area contributed by atoms with Crippen molar-refractivity contribution in [2.75, 3.05) is 13.1 Å². The first kappa shape index (κ1) is 12.6. The smallest absolute Gasteiger partial charge is 0.0534 e. The molecule has 4 heteroatoms. The standard InChI is InChI=1S/C13H24N4/c1-11-9-16-17(10-11)7-6-14-12(2)8-13-4-3-5-15-13/h9-10,12-15H,3-8H2,1-2H3. The zero-order valence-electron chi connectivity index (χ0n) is 10.9. The number of nitrogens with one attached hydrogen (secondary N) is 2. The first-order chi connectivity index (χ1) is 8.24. The molecule has 2 rings (SSSR count). The fourth-order valence-corrected chi connectivity index (χ4v) is 2.48. The topological polar surface area (TPSA) is 41.9 Å². The van der Waals surface area contributed by atoms with E-state index in [1.807, 2.05) is 10.9 Å². The number of nitrogens with zero attached hydrogens (tertiary/aromatic N) is 2. The van der Waals surface area contributed by atoms with E-state index in [1.54, 1.807) is 0 Å². The molecule has 2 N–H and O–H groups in total. The van der Waals surface area contributed by atoms with Crippen molar-refractivity contribution in [3.05, 3.63) is 18.0 Å². The largest absolute Gasteiger partial charge is 0.314 e. The fourth-order valence-electron chi connectivity index (χ4n) is 2.48. The molecule has 17 heavy (non-hydrogen) atoms. The monoisotopic (exact) mass is 236 g/mol. The summed E-state index contributed by atoms with van der Waals surface area (Å²) in [6.45, 7) is 7.49. The Balaban J connectivity index is 1.60. The average molecular weight is 236 g/mol. The Bertz CT molecular complexity index is 328. The van der Waals surface area contributed by atoms with Crippen LogP contribution in [0.1, 0.15) is 31.7 Å². The second-order valence-corrected chi connectivity index (χ2v) is 5.16. The summed E-state index contributed by atoms with van der Waals surface area (Å²) in [7, 11) is 0. The SMILES string of the molecule is Cc1cnn(CCNC(C)CC2CCCN2)c1. The quantitative estimate of drug-likeness (QED) is 0.782. The molecule has 4 nitrogen and oxygen atoms in total. The van der Waals surface area contributed by atoms with Gasteiger partial charge in [0.25, 0.3) is 0 Å². The predicted molar refractivity (Wildman–Crippen MR) is 70.1 cm³/mol. The Kier molecular flexibility index (Phi) is 4.57. The molecule has 2 unspecified atom stereocenters. The number of aromatic nitrogens is 2. The molecule has 96 valence electrons. The zero-order chi connectivity index (χ0) is 12.1. The second-order valence-electron chi connectivity index (χ2n) is 5.16. The van der Waals surface area contributed by atoms with Crippen LogP contribution < -0.4 is 10.6 Å². The van der Waals surface area contributed by atoms with E-state index in [2.05, 4.69) is 35.8 Å². The maximum absolute atomic E-state index is 4.28. The number of hydrogen-bond donors (Lipinski definition) is 2. The third-order valence-electron chi connectivity index (χ3n) is 3.40. The number of rotatable bonds is 6. The Labute approximate surface area is 104 Å². The van der Waals surface area contributed by atoms with E-state index in [4.69, 9.17) is 0 Å². The summed E-state index contributed by atoms with van der Waals surface area (Å²) >= 11 is 0. The molecular formula is C13H24N4. The lowest BCUT2D eigenvalue weighted by molar-refractivity contribution is 0.425. The molecule has 1 fully saturated rings. The first-order valence-electron chi connectivity index (χ1n) is 6.70. The summed E-state index contributed by atoms with van der Waals surface area (Å²) in [6, 6.07) is 1.31. The summed E-state index contributed by atoms with van der Waals surface area (Å²) in [5.74, 6) is 0.